The lowest BCUT2D eigenvalue weighted by atomic mass is 10.2. The fraction of sp³-hybridized carbons (Fsp3) is 0.667. The number of nitrogens with zero attached hydrogens (tertiary/aromatic N) is 6. The topological polar surface area (TPSA) is 73.9 Å². The van der Waals surface area contributed by atoms with Gasteiger partial charge in [0.05, 0.1) is 6.54 Å². The molecule has 0 amide bonds. The molecular weight excluding hydrogens is 278 g/mol. The van der Waals surface area contributed by atoms with Crippen LogP contribution in [-0.2, 0) is 0 Å². The standard InChI is InChI=1S/C15H25N7/c1-20(2)15(4-5-15)12-19-13(16)21-8-10-22(11-9-21)14-17-6-3-7-18-14/h3,6-7H,4-5,8-12H2,1-2H3,(H2,16,19). The first-order chi connectivity index (χ1) is 10.6. The minimum absolute atomic E-state index is 0.254. The third-order valence-electron chi connectivity index (χ3n) is 4.75. The summed E-state index contributed by atoms with van der Waals surface area (Å²) in [5.74, 6) is 1.46. The third kappa shape index (κ3) is 3.14. The molecule has 0 unspecified atom stereocenters. The van der Waals surface area contributed by atoms with E-state index in [1.165, 1.54) is 12.8 Å². The molecule has 1 aliphatic carbocycles. The maximum atomic E-state index is 6.18. The number of rotatable bonds is 4. The predicted octanol–water partition coefficient (Wildman–Crippen LogP) is 0.00750. The lowest BCUT2D eigenvalue weighted by molar-refractivity contribution is 0.277. The highest BCUT2D eigenvalue weighted by Gasteiger charge is 2.44. The second-order valence-electron chi connectivity index (χ2n) is 6.32. The van der Waals surface area contributed by atoms with E-state index in [1.54, 1.807) is 12.4 Å². The van der Waals surface area contributed by atoms with Gasteiger partial charge in [0, 0.05) is 44.1 Å². The first-order valence-corrected chi connectivity index (χ1v) is 7.85. The summed E-state index contributed by atoms with van der Waals surface area (Å²) >= 11 is 0. The van der Waals surface area contributed by atoms with E-state index in [0.29, 0.717) is 5.96 Å². The van der Waals surface area contributed by atoms with Crippen LogP contribution in [0, 0.1) is 0 Å². The molecule has 3 rings (SSSR count). The number of nitrogens with two attached hydrogens (primary N) is 1. The summed E-state index contributed by atoms with van der Waals surface area (Å²) in [6.45, 7) is 4.27. The number of anilines is 1. The van der Waals surface area contributed by atoms with Crippen LogP contribution in [0.4, 0.5) is 5.95 Å². The number of guanidine groups is 1. The van der Waals surface area contributed by atoms with E-state index in [4.69, 9.17) is 5.73 Å². The Labute approximate surface area is 131 Å². The van der Waals surface area contributed by atoms with Crippen LogP contribution in [0.5, 0.6) is 0 Å². The normalized spacial score (nSPS) is 21.3. The molecule has 1 aliphatic heterocycles. The SMILES string of the molecule is CN(C)C1(CN=C(N)N2CCN(c3ncccn3)CC2)CC1. The van der Waals surface area contributed by atoms with Gasteiger partial charge in [0.2, 0.25) is 5.95 Å². The Kier molecular flexibility index (Phi) is 4.15. The highest BCUT2D eigenvalue weighted by Crippen LogP contribution is 2.40. The number of likely N-dealkylation sites (N-methyl/N-ethyl adjacent to an activating group) is 1. The van der Waals surface area contributed by atoms with Gasteiger partial charge in [-0.3, -0.25) is 4.99 Å². The van der Waals surface area contributed by atoms with Gasteiger partial charge in [0.25, 0.3) is 0 Å². The maximum Gasteiger partial charge on any atom is 0.225 e. The Hall–Kier alpha value is -1.89. The second-order valence-corrected chi connectivity index (χ2v) is 6.32. The van der Waals surface area contributed by atoms with Gasteiger partial charge in [-0.05, 0) is 33.0 Å². The van der Waals surface area contributed by atoms with Gasteiger partial charge >= 0.3 is 0 Å². The molecule has 7 nitrogen and oxygen atoms in total. The smallest absolute Gasteiger partial charge is 0.225 e. The summed E-state index contributed by atoms with van der Waals surface area (Å²) in [4.78, 5) is 19.8. The van der Waals surface area contributed by atoms with E-state index in [2.05, 4.69) is 43.8 Å². The van der Waals surface area contributed by atoms with E-state index in [1.807, 2.05) is 6.07 Å². The molecule has 0 aromatic carbocycles. The quantitative estimate of drug-likeness (QED) is 0.624. The van der Waals surface area contributed by atoms with Gasteiger partial charge in [0.1, 0.15) is 0 Å². The van der Waals surface area contributed by atoms with Crippen LogP contribution in [-0.4, -0.2) is 78.1 Å². The molecular formula is C15H25N7. The molecule has 2 fully saturated rings. The van der Waals surface area contributed by atoms with Crippen molar-refractivity contribution in [3.05, 3.63) is 18.5 Å². The van der Waals surface area contributed by atoms with Crippen molar-refractivity contribution in [3.63, 3.8) is 0 Å². The van der Waals surface area contributed by atoms with Gasteiger partial charge in [-0.1, -0.05) is 0 Å². The van der Waals surface area contributed by atoms with E-state index in [9.17, 15) is 0 Å². The Morgan fingerprint density at radius 3 is 2.41 bits per heavy atom. The molecule has 1 aromatic rings. The van der Waals surface area contributed by atoms with Crippen molar-refractivity contribution in [2.75, 3.05) is 51.7 Å². The molecule has 1 saturated carbocycles. The minimum Gasteiger partial charge on any atom is -0.370 e. The van der Waals surface area contributed by atoms with Crippen LogP contribution in [0.15, 0.2) is 23.5 Å². The summed E-state index contributed by atoms with van der Waals surface area (Å²) in [5, 5.41) is 0. The van der Waals surface area contributed by atoms with Gasteiger partial charge in [-0.15, -0.1) is 0 Å². The number of piperazine rings is 1. The average molecular weight is 303 g/mol. The lowest BCUT2D eigenvalue weighted by Gasteiger charge is -2.35. The first-order valence-electron chi connectivity index (χ1n) is 7.85. The number of aromatic nitrogens is 2. The summed E-state index contributed by atoms with van der Waals surface area (Å²) in [6.07, 6.45) is 5.99. The molecule has 0 atom stereocenters. The molecule has 0 bridgehead atoms. The Bertz CT molecular complexity index is 516. The molecule has 0 radical (unpaired) electrons. The minimum atomic E-state index is 0.254. The molecule has 120 valence electrons. The fourth-order valence-corrected chi connectivity index (χ4v) is 2.81. The lowest BCUT2D eigenvalue weighted by Crippen LogP contribution is -2.52. The molecule has 2 N–H and O–H groups in total. The maximum absolute atomic E-state index is 6.18. The van der Waals surface area contributed by atoms with Crippen molar-refractivity contribution in [3.8, 4) is 0 Å². The zero-order chi connectivity index (χ0) is 15.6. The van der Waals surface area contributed by atoms with Crippen LogP contribution in [0.3, 0.4) is 0 Å². The monoisotopic (exact) mass is 303 g/mol. The van der Waals surface area contributed by atoms with Crippen molar-refractivity contribution in [1.29, 1.82) is 0 Å². The molecule has 1 aromatic heterocycles. The van der Waals surface area contributed by atoms with Crippen LogP contribution >= 0.6 is 0 Å². The molecule has 2 aliphatic rings. The largest absolute Gasteiger partial charge is 0.370 e. The van der Waals surface area contributed by atoms with Gasteiger partial charge < -0.3 is 20.4 Å². The number of aliphatic imine (C=N–C) groups is 1. The van der Waals surface area contributed by atoms with Crippen molar-refractivity contribution in [2.45, 2.75) is 18.4 Å². The molecule has 0 spiro atoms. The number of hydrogen-bond donors (Lipinski definition) is 1. The summed E-state index contributed by atoms with van der Waals surface area (Å²) < 4.78 is 0. The van der Waals surface area contributed by atoms with Crippen LogP contribution in [0.1, 0.15) is 12.8 Å². The van der Waals surface area contributed by atoms with E-state index < -0.39 is 0 Å². The van der Waals surface area contributed by atoms with Crippen LogP contribution in [0.25, 0.3) is 0 Å². The Morgan fingerprint density at radius 1 is 1.23 bits per heavy atom. The summed E-state index contributed by atoms with van der Waals surface area (Å²) in [6, 6.07) is 1.84. The van der Waals surface area contributed by atoms with E-state index in [-0.39, 0.29) is 5.54 Å². The fourth-order valence-electron chi connectivity index (χ4n) is 2.81. The molecule has 7 heteroatoms. The summed E-state index contributed by atoms with van der Waals surface area (Å²) in [5.41, 5.74) is 6.43. The average Bonchev–Trinajstić information content (AvgIpc) is 3.35. The summed E-state index contributed by atoms with van der Waals surface area (Å²) in [7, 11) is 4.24. The Morgan fingerprint density at radius 2 is 1.86 bits per heavy atom. The van der Waals surface area contributed by atoms with Gasteiger partial charge in [0.15, 0.2) is 5.96 Å². The molecule has 22 heavy (non-hydrogen) atoms. The number of hydrogen-bond acceptors (Lipinski definition) is 5. The van der Waals surface area contributed by atoms with E-state index >= 15 is 0 Å². The van der Waals surface area contributed by atoms with Crippen LogP contribution < -0.4 is 10.6 Å². The highest BCUT2D eigenvalue weighted by molar-refractivity contribution is 5.78. The van der Waals surface area contributed by atoms with Crippen molar-refractivity contribution < 1.29 is 0 Å². The van der Waals surface area contributed by atoms with Crippen molar-refractivity contribution in [2.24, 2.45) is 10.7 Å². The zero-order valence-electron chi connectivity index (χ0n) is 13.4. The molecule has 1 saturated heterocycles. The molecule has 2 heterocycles. The third-order valence-corrected chi connectivity index (χ3v) is 4.75. The van der Waals surface area contributed by atoms with Gasteiger partial charge in [-0.25, -0.2) is 9.97 Å². The zero-order valence-corrected chi connectivity index (χ0v) is 13.4. The van der Waals surface area contributed by atoms with Crippen molar-refractivity contribution in [1.82, 2.24) is 19.8 Å². The van der Waals surface area contributed by atoms with E-state index in [0.717, 1.165) is 38.7 Å². The second kappa shape index (κ2) is 6.08. The highest BCUT2D eigenvalue weighted by atomic mass is 15.4. The first kappa shape index (κ1) is 15.0. The van der Waals surface area contributed by atoms with Crippen molar-refractivity contribution >= 4 is 11.9 Å². The van der Waals surface area contributed by atoms with Gasteiger partial charge in [-0.2, -0.15) is 0 Å². The predicted molar refractivity (Wildman–Crippen MR) is 88.0 cm³/mol. The van der Waals surface area contributed by atoms with Crippen LogP contribution in [0.2, 0.25) is 0 Å². The Balaban J connectivity index is 1.53.